The monoisotopic (exact) mass is 300 g/mol. The summed E-state index contributed by atoms with van der Waals surface area (Å²) >= 11 is 0. The molecule has 0 saturated heterocycles. The van der Waals surface area contributed by atoms with E-state index in [-0.39, 0.29) is 5.41 Å². The molecule has 0 radical (unpaired) electrons. The van der Waals surface area contributed by atoms with Gasteiger partial charge in [-0.1, -0.05) is 45.8 Å². The van der Waals surface area contributed by atoms with E-state index in [9.17, 15) is 4.79 Å². The summed E-state index contributed by atoms with van der Waals surface area (Å²) < 4.78 is 0. The number of ketones is 1. The van der Waals surface area contributed by atoms with Gasteiger partial charge < -0.3 is 0 Å². The lowest BCUT2D eigenvalue weighted by Gasteiger charge is -2.59. The molecule has 0 aromatic heterocycles. The number of carbonyl (C=O) groups is 1. The second-order valence-electron chi connectivity index (χ2n) is 9.80. The largest absolute Gasteiger partial charge is 0.299 e. The van der Waals surface area contributed by atoms with Crippen LogP contribution in [0.4, 0.5) is 0 Å². The van der Waals surface area contributed by atoms with Gasteiger partial charge in [-0.15, -0.1) is 0 Å². The SMILES string of the molecule is CC1(C)CCC[C@@]2(C)C1=CC[C@H]1[C@@H]3CCC(=O)[C@]3(C)CC[C@@H]12. The van der Waals surface area contributed by atoms with E-state index < -0.39 is 0 Å². The highest BCUT2D eigenvalue weighted by Gasteiger charge is 2.59. The Labute approximate surface area is 135 Å². The predicted octanol–water partition coefficient (Wildman–Crippen LogP) is 5.54. The first kappa shape index (κ1) is 15.0. The van der Waals surface area contributed by atoms with E-state index in [0.717, 1.165) is 24.7 Å². The molecule has 0 aromatic rings. The van der Waals surface area contributed by atoms with Crippen molar-refractivity contribution in [2.45, 2.75) is 79.1 Å². The Balaban J connectivity index is 1.74. The van der Waals surface area contributed by atoms with Gasteiger partial charge in [-0.25, -0.2) is 0 Å². The highest BCUT2D eigenvalue weighted by molar-refractivity contribution is 5.87. The lowest BCUT2D eigenvalue weighted by molar-refractivity contribution is -0.132. The van der Waals surface area contributed by atoms with Crippen molar-refractivity contribution in [3.05, 3.63) is 11.6 Å². The van der Waals surface area contributed by atoms with Crippen LogP contribution in [0.3, 0.4) is 0 Å². The van der Waals surface area contributed by atoms with Crippen LogP contribution in [-0.4, -0.2) is 5.78 Å². The van der Waals surface area contributed by atoms with E-state index in [1.54, 1.807) is 5.57 Å². The molecule has 0 bridgehead atoms. The van der Waals surface area contributed by atoms with Gasteiger partial charge >= 0.3 is 0 Å². The van der Waals surface area contributed by atoms with E-state index in [1.165, 1.54) is 38.5 Å². The number of fused-ring (bicyclic) bond motifs is 5. The van der Waals surface area contributed by atoms with Crippen LogP contribution in [0.1, 0.15) is 79.1 Å². The molecule has 4 aliphatic rings. The van der Waals surface area contributed by atoms with Crippen molar-refractivity contribution in [1.29, 1.82) is 0 Å². The lowest BCUT2D eigenvalue weighted by atomic mass is 9.45. The maximum Gasteiger partial charge on any atom is 0.139 e. The molecule has 3 fully saturated rings. The van der Waals surface area contributed by atoms with Gasteiger partial charge in [-0.3, -0.25) is 4.79 Å². The number of allylic oxidation sites excluding steroid dienone is 2. The van der Waals surface area contributed by atoms with Crippen LogP contribution in [0.15, 0.2) is 11.6 Å². The van der Waals surface area contributed by atoms with Crippen LogP contribution >= 0.6 is 0 Å². The third-order valence-corrected chi connectivity index (χ3v) is 8.40. The van der Waals surface area contributed by atoms with Gasteiger partial charge in [-0.2, -0.15) is 0 Å². The van der Waals surface area contributed by atoms with Crippen LogP contribution in [0.2, 0.25) is 0 Å². The van der Waals surface area contributed by atoms with E-state index >= 15 is 0 Å². The molecular formula is C21H32O. The van der Waals surface area contributed by atoms with E-state index in [0.29, 0.717) is 22.5 Å². The number of rotatable bonds is 0. The molecule has 0 heterocycles. The van der Waals surface area contributed by atoms with Crippen molar-refractivity contribution in [3.63, 3.8) is 0 Å². The molecule has 1 nitrogen and oxygen atoms in total. The van der Waals surface area contributed by atoms with Crippen molar-refractivity contribution < 1.29 is 4.79 Å². The Bertz CT molecular complexity index is 542. The van der Waals surface area contributed by atoms with Crippen LogP contribution in [-0.2, 0) is 4.79 Å². The quantitative estimate of drug-likeness (QED) is 0.536. The summed E-state index contributed by atoms with van der Waals surface area (Å²) in [5.41, 5.74) is 2.59. The number of carbonyl (C=O) groups excluding carboxylic acids is 1. The molecule has 1 heteroatoms. The summed E-state index contributed by atoms with van der Waals surface area (Å²) in [4.78, 5) is 12.5. The summed E-state index contributed by atoms with van der Waals surface area (Å²) in [6, 6.07) is 0. The van der Waals surface area contributed by atoms with E-state index in [2.05, 4.69) is 33.8 Å². The molecule has 0 aromatic carbocycles. The Kier molecular flexibility index (Phi) is 3.05. The van der Waals surface area contributed by atoms with Crippen molar-refractivity contribution in [3.8, 4) is 0 Å². The Morgan fingerprint density at radius 1 is 0.955 bits per heavy atom. The zero-order chi connectivity index (χ0) is 15.8. The molecule has 4 aliphatic carbocycles. The third kappa shape index (κ3) is 1.74. The molecular weight excluding hydrogens is 268 g/mol. The van der Waals surface area contributed by atoms with E-state index in [4.69, 9.17) is 0 Å². The summed E-state index contributed by atoms with van der Waals surface area (Å²) in [6.45, 7) is 9.77. The first-order valence-electron chi connectivity index (χ1n) is 9.53. The molecule has 0 unspecified atom stereocenters. The predicted molar refractivity (Wildman–Crippen MR) is 90.5 cm³/mol. The van der Waals surface area contributed by atoms with Gasteiger partial charge in [0.15, 0.2) is 0 Å². The fourth-order valence-electron chi connectivity index (χ4n) is 7.27. The van der Waals surface area contributed by atoms with Crippen LogP contribution in [0.25, 0.3) is 0 Å². The maximum atomic E-state index is 12.5. The molecule has 0 amide bonds. The molecule has 5 atom stereocenters. The first-order chi connectivity index (χ1) is 10.3. The van der Waals surface area contributed by atoms with Gasteiger partial charge in [0.05, 0.1) is 0 Å². The van der Waals surface area contributed by atoms with Crippen LogP contribution in [0, 0.1) is 34.0 Å². The third-order valence-electron chi connectivity index (χ3n) is 8.40. The number of Topliss-reactive ketones (excluding diaryl/α,β-unsaturated/α-hetero) is 1. The zero-order valence-electron chi connectivity index (χ0n) is 14.9. The minimum absolute atomic E-state index is 0.0209. The van der Waals surface area contributed by atoms with Gasteiger partial charge in [-0.05, 0) is 67.1 Å². The van der Waals surface area contributed by atoms with Crippen LogP contribution < -0.4 is 0 Å². The van der Waals surface area contributed by atoms with Gasteiger partial charge in [0, 0.05) is 11.8 Å². The molecule has 0 N–H and O–H groups in total. The second-order valence-corrected chi connectivity index (χ2v) is 9.80. The van der Waals surface area contributed by atoms with Crippen molar-refractivity contribution in [2.75, 3.05) is 0 Å². The second kappa shape index (κ2) is 4.48. The zero-order valence-corrected chi connectivity index (χ0v) is 14.9. The van der Waals surface area contributed by atoms with Gasteiger partial charge in [0.1, 0.15) is 5.78 Å². The average Bonchev–Trinajstić information content (AvgIpc) is 2.74. The van der Waals surface area contributed by atoms with Gasteiger partial charge in [0.25, 0.3) is 0 Å². The number of hydrogen-bond acceptors (Lipinski definition) is 1. The summed E-state index contributed by atoms with van der Waals surface area (Å²) in [5.74, 6) is 2.84. The Morgan fingerprint density at radius 2 is 1.68 bits per heavy atom. The average molecular weight is 300 g/mol. The molecule has 0 aliphatic heterocycles. The molecule has 4 rings (SSSR count). The highest BCUT2D eigenvalue weighted by Crippen LogP contribution is 2.66. The fraction of sp³-hybridized carbons (Fsp3) is 0.857. The molecule has 0 spiro atoms. The summed E-state index contributed by atoms with van der Waals surface area (Å²) in [5, 5.41) is 0. The smallest absolute Gasteiger partial charge is 0.139 e. The first-order valence-corrected chi connectivity index (χ1v) is 9.53. The highest BCUT2D eigenvalue weighted by atomic mass is 16.1. The minimum Gasteiger partial charge on any atom is -0.299 e. The summed E-state index contributed by atoms with van der Waals surface area (Å²) in [6.07, 6.45) is 12.4. The molecule has 22 heavy (non-hydrogen) atoms. The standard InChI is InChI=1S/C21H32O/c1-19(2)11-5-12-20(3)16-10-13-21(4)15(7-9-18(21)22)14(16)6-8-17(19)20/h8,14-16H,5-7,9-13H2,1-4H3/t14-,15-,16-,20+,21+/m0/s1. The minimum atomic E-state index is 0.0209. The fourth-order valence-corrected chi connectivity index (χ4v) is 7.27. The molecule has 3 saturated carbocycles. The lowest BCUT2D eigenvalue weighted by Crippen LogP contribution is -2.51. The Morgan fingerprint density at radius 3 is 2.45 bits per heavy atom. The molecule has 122 valence electrons. The Hall–Kier alpha value is -0.590. The van der Waals surface area contributed by atoms with E-state index in [1.807, 2.05) is 0 Å². The topological polar surface area (TPSA) is 17.1 Å². The van der Waals surface area contributed by atoms with Gasteiger partial charge in [0.2, 0.25) is 0 Å². The van der Waals surface area contributed by atoms with Crippen molar-refractivity contribution >= 4 is 5.78 Å². The maximum absolute atomic E-state index is 12.5. The van der Waals surface area contributed by atoms with Crippen molar-refractivity contribution in [1.82, 2.24) is 0 Å². The normalized spacial score (nSPS) is 49.9. The van der Waals surface area contributed by atoms with Crippen molar-refractivity contribution in [2.24, 2.45) is 34.0 Å². The number of hydrogen-bond donors (Lipinski definition) is 0. The van der Waals surface area contributed by atoms with Crippen LogP contribution in [0.5, 0.6) is 0 Å². The summed E-state index contributed by atoms with van der Waals surface area (Å²) in [7, 11) is 0.